The number of amides is 2. The van der Waals surface area contributed by atoms with Gasteiger partial charge in [0.05, 0.1) is 17.8 Å². The highest BCUT2D eigenvalue weighted by molar-refractivity contribution is 6.31. The summed E-state index contributed by atoms with van der Waals surface area (Å²) >= 11 is 11.7. The van der Waals surface area contributed by atoms with Crippen LogP contribution in [0.25, 0.3) is 0 Å². The summed E-state index contributed by atoms with van der Waals surface area (Å²) in [5, 5.41) is 9.71. The molecule has 1 aromatic heterocycles. The Bertz CT molecular complexity index is 1230. The van der Waals surface area contributed by atoms with E-state index in [1.165, 1.54) is 30.5 Å². The molecule has 1 aromatic carbocycles. The van der Waals surface area contributed by atoms with E-state index in [2.05, 4.69) is 27.5 Å². The standard InChI is InChI=1S/C22H25Cl2FN2O.C7H6N2O2/c1-15(23)7-5-10-19(25)18-14-26-22(11-3-2-4-12-22)20(18)21(28)27-17-9-6-8-16(24)13-17;10-4-7-2-1-6(3-8-7)9-5-11/h5-10,13,18,20,26H,1-4,11-12,14H2,(H,27,28);1-5H,(H,9,11)/b7-5-,19-10-;. The van der Waals surface area contributed by atoms with E-state index in [4.69, 9.17) is 23.2 Å². The van der Waals surface area contributed by atoms with Crippen molar-refractivity contribution < 1.29 is 18.8 Å². The molecule has 3 N–H and O–H groups in total. The van der Waals surface area contributed by atoms with Crippen LogP contribution in [0.5, 0.6) is 0 Å². The van der Waals surface area contributed by atoms with Crippen LogP contribution in [0.4, 0.5) is 15.8 Å². The summed E-state index contributed by atoms with van der Waals surface area (Å²) in [4.78, 5) is 37.0. The minimum atomic E-state index is -0.523. The number of pyridine rings is 1. The second kappa shape index (κ2) is 14.7. The third-order valence-corrected chi connectivity index (χ3v) is 7.17. The summed E-state index contributed by atoms with van der Waals surface area (Å²) in [5.41, 5.74) is 1.18. The maximum atomic E-state index is 15.0. The van der Waals surface area contributed by atoms with Gasteiger partial charge < -0.3 is 16.0 Å². The highest BCUT2D eigenvalue weighted by Gasteiger charge is 2.53. The van der Waals surface area contributed by atoms with Gasteiger partial charge in [-0.05, 0) is 55.3 Å². The average Bonchev–Trinajstić information content (AvgIpc) is 3.28. The van der Waals surface area contributed by atoms with Gasteiger partial charge in [-0.25, -0.2) is 4.39 Å². The summed E-state index contributed by atoms with van der Waals surface area (Å²) in [6.07, 6.45) is 12.0. The highest BCUT2D eigenvalue weighted by atomic mass is 35.5. The predicted octanol–water partition coefficient (Wildman–Crippen LogP) is 6.44. The van der Waals surface area contributed by atoms with Crippen LogP contribution in [-0.4, -0.2) is 35.7 Å². The zero-order chi connectivity index (χ0) is 28.3. The summed E-state index contributed by atoms with van der Waals surface area (Å²) in [6.45, 7) is 3.99. The van der Waals surface area contributed by atoms with Crippen molar-refractivity contribution in [3.8, 4) is 0 Å². The molecule has 2 amide bonds. The molecule has 2 aliphatic rings. The second-order valence-corrected chi connectivity index (χ2v) is 10.3. The Labute approximate surface area is 237 Å². The SMILES string of the molecule is C=C(Cl)/C=C\C=C(/F)C1CNC2(CCCCC2)C1C(=O)Nc1cccc(Cl)c1.O=CNc1ccc(C=O)nc1. The Hall–Kier alpha value is -3.33. The molecule has 1 saturated carbocycles. The number of hydrogen-bond acceptors (Lipinski definition) is 5. The van der Waals surface area contributed by atoms with Crippen LogP contribution in [0.3, 0.4) is 0 Å². The third kappa shape index (κ3) is 8.58. The lowest BCUT2D eigenvalue weighted by Gasteiger charge is -2.39. The van der Waals surface area contributed by atoms with Crippen molar-refractivity contribution in [1.29, 1.82) is 0 Å². The fourth-order valence-electron chi connectivity index (χ4n) is 5.07. The number of allylic oxidation sites excluding steroid dienone is 4. The fourth-order valence-corrected chi connectivity index (χ4v) is 5.33. The molecule has 2 atom stereocenters. The molecule has 0 radical (unpaired) electrons. The molecule has 39 heavy (non-hydrogen) atoms. The van der Waals surface area contributed by atoms with Crippen LogP contribution in [0.2, 0.25) is 5.02 Å². The molecule has 10 heteroatoms. The monoisotopic (exact) mass is 572 g/mol. The lowest BCUT2D eigenvalue weighted by Crippen LogP contribution is -2.51. The first-order chi connectivity index (χ1) is 18.8. The minimum absolute atomic E-state index is 0.173. The van der Waals surface area contributed by atoms with Gasteiger partial charge in [-0.2, -0.15) is 0 Å². The predicted molar refractivity (Wildman–Crippen MR) is 154 cm³/mol. The van der Waals surface area contributed by atoms with Crippen molar-refractivity contribution in [2.24, 2.45) is 11.8 Å². The van der Waals surface area contributed by atoms with Crippen molar-refractivity contribution in [2.75, 3.05) is 17.2 Å². The van der Waals surface area contributed by atoms with E-state index in [0.717, 1.165) is 32.1 Å². The molecule has 206 valence electrons. The number of carbonyl (C=O) groups is 3. The molecule has 2 aromatic rings. The van der Waals surface area contributed by atoms with Crippen molar-refractivity contribution in [1.82, 2.24) is 10.3 Å². The summed E-state index contributed by atoms with van der Waals surface area (Å²) in [6, 6.07) is 10.1. The van der Waals surface area contributed by atoms with E-state index < -0.39 is 11.8 Å². The summed E-state index contributed by atoms with van der Waals surface area (Å²) in [5.74, 6) is -1.51. The first kappa shape index (κ1) is 30.2. The van der Waals surface area contributed by atoms with Gasteiger partial charge in [-0.3, -0.25) is 19.4 Å². The quantitative estimate of drug-likeness (QED) is 0.249. The van der Waals surface area contributed by atoms with Crippen molar-refractivity contribution in [2.45, 2.75) is 37.6 Å². The van der Waals surface area contributed by atoms with Gasteiger partial charge in [0.25, 0.3) is 0 Å². The lowest BCUT2D eigenvalue weighted by molar-refractivity contribution is -0.123. The van der Waals surface area contributed by atoms with E-state index in [0.29, 0.717) is 46.4 Å². The van der Waals surface area contributed by atoms with Gasteiger partial charge in [0.15, 0.2) is 6.29 Å². The first-order valence-corrected chi connectivity index (χ1v) is 13.3. The molecule has 2 heterocycles. The normalized spacial score (nSPS) is 20.1. The number of nitrogens with zero attached hydrogens (tertiary/aromatic N) is 1. The Morgan fingerprint density at radius 3 is 2.54 bits per heavy atom. The largest absolute Gasteiger partial charge is 0.327 e. The number of aromatic nitrogens is 1. The first-order valence-electron chi connectivity index (χ1n) is 12.6. The van der Waals surface area contributed by atoms with Gasteiger partial charge in [-0.1, -0.05) is 61.2 Å². The number of aldehydes is 1. The Balaban J connectivity index is 0.000000320. The number of carbonyl (C=O) groups excluding carboxylic acids is 3. The number of nitrogens with one attached hydrogen (secondary N) is 3. The molecule has 1 aliphatic carbocycles. The summed E-state index contributed by atoms with van der Waals surface area (Å²) in [7, 11) is 0. The average molecular weight is 573 g/mol. The zero-order valence-electron chi connectivity index (χ0n) is 21.3. The molecule has 7 nitrogen and oxygen atoms in total. The maximum Gasteiger partial charge on any atom is 0.230 e. The molecule has 4 rings (SSSR count). The van der Waals surface area contributed by atoms with Crippen LogP contribution < -0.4 is 16.0 Å². The second-order valence-electron chi connectivity index (χ2n) is 9.39. The van der Waals surface area contributed by atoms with E-state index in [1.54, 1.807) is 30.3 Å². The van der Waals surface area contributed by atoms with Gasteiger partial charge in [0.2, 0.25) is 12.3 Å². The van der Waals surface area contributed by atoms with Crippen molar-refractivity contribution >= 4 is 53.2 Å². The molecular weight excluding hydrogens is 542 g/mol. The Morgan fingerprint density at radius 2 is 1.92 bits per heavy atom. The van der Waals surface area contributed by atoms with Gasteiger partial charge in [0, 0.05) is 33.7 Å². The van der Waals surface area contributed by atoms with Crippen LogP contribution in [-0.2, 0) is 9.59 Å². The molecule has 1 saturated heterocycles. The van der Waals surface area contributed by atoms with Crippen LogP contribution >= 0.6 is 23.2 Å². The van der Waals surface area contributed by atoms with Crippen LogP contribution in [0, 0.1) is 11.8 Å². The van der Waals surface area contributed by atoms with Gasteiger partial charge in [0.1, 0.15) is 11.5 Å². The third-order valence-electron chi connectivity index (χ3n) is 6.81. The maximum absolute atomic E-state index is 15.0. The van der Waals surface area contributed by atoms with Crippen molar-refractivity contribution in [3.63, 3.8) is 0 Å². The topological polar surface area (TPSA) is 100 Å². The minimum Gasteiger partial charge on any atom is -0.327 e. The molecular formula is C29H31Cl2FN4O3. The lowest BCUT2D eigenvalue weighted by atomic mass is 9.70. The summed E-state index contributed by atoms with van der Waals surface area (Å²) < 4.78 is 15.0. The van der Waals surface area contributed by atoms with E-state index in [-0.39, 0.29) is 17.3 Å². The molecule has 2 fully saturated rings. The Morgan fingerprint density at radius 1 is 1.15 bits per heavy atom. The fraction of sp³-hybridized carbons (Fsp3) is 0.310. The number of anilines is 2. The number of benzene rings is 1. The molecule has 2 unspecified atom stereocenters. The molecule has 0 bridgehead atoms. The van der Waals surface area contributed by atoms with Gasteiger partial charge >= 0.3 is 0 Å². The van der Waals surface area contributed by atoms with Crippen LogP contribution in [0.1, 0.15) is 42.6 Å². The molecule has 1 aliphatic heterocycles. The van der Waals surface area contributed by atoms with Crippen LogP contribution in [0.15, 0.2) is 78.3 Å². The number of hydrogen-bond donors (Lipinski definition) is 3. The Kier molecular flexibility index (Phi) is 11.4. The molecule has 1 spiro atoms. The van der Waals surface area contributed by atoms with E-state index >= 15 is 4.39 Å². The zero-order valence-corrected chi connectivity index (χ0v) is 22.9. The smallest absolute Gasteiger partial charge is 0.230 e. The van der Waals surface area contributed by atoms with E-state index in [9.17, 15) is 14.4 Å². The van der Waals surface area contributed by atoms with Crippen molar-refractivity contribution in [3.05, 3.63) is 89.0 Å². The van der Waals surface area contributed by atoms with Gasteiger partial charge in [-0.15, -0.1) is 0 Å². The van der Waals surface area contributed by atoms with E-state index in [1.807, 2.05) is 0 Å². The number of rotatable bonds is 8. The number of halogens is 3. The highest BCUT2D eigenvalue weighted by Crippen LogP contribution is 2.45.